The third-order valence-corrected chi connectivity index (χ3v) is 3.34. The van der Waals surface area contributed by atoms with E-state index >= 15 is 0 Å². The summed E-state index contributed by atoms with van der Waals surface area (Å²) in [7, 11) is 3.78. The van der Waals surface area contributed by atoms with E-state index in [0.717, 1.165) is 31.8 Å². The maximum Gasteiger partial charge on any atom is 0.407 e. The van der Waals surface area contributed by atoms with Crippen LogP contribution in [0.1, 0.15) is 40.0 Å². The number of carbonyl (C=O) groups is 1. The highest BCUT2D eigenvalue weighted by molar-refractivity contribution is 14.0. The molecule has 1 atom stereocenters. The highest BCUT2D eigenvalue weighted by Gasteiger charge is 2.16. The summed E-state index contributed by atoms with van der Waals surface area (Å²) >= 11 is 0. The Morgan fingerprint density at radius 3 is 2.58 bits per heavy atom. The van der Waals surface area contributed by atoms with Crippen molar-refractivity contribution in [2.24, 2.45) is 10.9 Å². The molecule has 0 aromatic heterocycles. The molecule has 142 valence electrons. The van der Waals surface area contributed by atoms with E-state index < -0.39 is 0 Å². The quantitative estimate of drug-likeness (QED) is 0.175. The molecule has 0 aromatic rings. The van der Waals surface area contributed by atoms with Crippen LogP contribution in [-0.4, -0.2) is 56.8 Å². The fourth-order valence-electron chi connectivity index (χ4n) is 2.28. The van der Waals surface area contributed by atoms with Crippen LogP contribution in [0.3, 0.4) is 0 Å². The molecule has 0 aliphatic carbocycles. The molecule has 0 aromatic carbocycles. The summed E-state index contributed by atoms with van der Waals surface area (Å²) in [6.45, 7) is 11.7. The van der Waals surface area contributed by atoms with E-state index in [0.29, 0.717) is 19.1 Å². The van der Waals surface area contributed by atoms with Gasteiger partial charge in [-0.15, -0.1) is 30.6 Å². The van der Waals surface area contributed by atoms with E-state index in [1.807, 2.05) is 13.1 Å². The summed E-state index contributed by atoms with van der Waals surface area (Å²) in [6, 6.07) is 0.00683. The van der Waals surface area contributed by atoms with E-state index in [-0.39, 0.29) is 36.1 Å². The van der Waals surface area contributed by atoms with Gasteiger partial charge < -0.3 is 20.3 Å². The van der Waals surface area contributed by atoms with Crippen LogP contribution in [0.5, 0.6) is 0 Å². The molecule has 0 heterocycles. The summed E-state index contributed by atoms with van der Waals surface area (Å²) < 4.78 is 4.97. The van der Waals surface area contributed by atoms with Crippen LogP contribution < -0.4 is 10.6 Å². The largest absolute Gasteiger partial charge is 0.450 e. The van der Waals surface area contributed by atoms with Gasteiger partial charge in [0.25, 0.3) is 0 Å². The first-order valence-corrected chi connectivity index (χ1v) is 8.40. The number of halogens is 1. The zero-order chi connectivity index (χ0) is 17.7. The van der Waals surface area contributed by atoms with Crippen molar-refractivity contribution in [3.63, 3.8) is 0 Å². The Morgan fingerprint density at radius 1 is 1.42 bits per heavy atom. The van der Waals surface area contributed by atoms with Crippen LogP contribution >= 0.6 is 24.0 Å². The maximum absolute atomic E-state index is 11.6. The number of rotatable bonds is 10. The monoisotopic (exact) mass is 454 g/mol. The molecule has 2 N–H and O–H groups in total. The lowest BCUT2D eigenvalue weighted by molar-refractivity contribution is 0.146. The summed E-state index contributed by atoms with van der Waals surface area (Å²) in [4.78, 5) is 18.0. The molecule has 0 aliphatic heterocycles. The third-order valence-electron chi connectivity index (χ3n) is 3.34. The van der Waals surface area contributed by atoms with Gasteiger partial charge >= 0.3 is 6.09 Å². The maximum atomic E-state index is 11.6. The van der Waals surface area contributed by atoms with Crippen molar-refractivity contribution in [3.8, 4) is 0 Å². The molecular formula is C17H35IN4O2. The minimum absolute atomic E-state index is 0. The van der Waals surface area contributed by atoms with Crippen LogP contribution in [0, 0.1) is 5.92 Å². The van der Waals surface area contributed by atoms with Crippen molar-refractivity contribution in [1.82, 2.24) is 15.5 Å². The number of ether oxygens (including phenoxy) is 1. The molecule has 0 fully saturated rings. The molecule has 0 bridgehead atoms. The molecule has 0 spiro atoms. The Balaban J connectivity index is 0. The fourth-order valence-corrected chi connectivity index (χ4v) is 2.28. The number of nitrogens with one attached hydrogen (secondary N) is 2. The molecule has 1 amide bonds. The van der Waals surface area contributed by atoms with E-state index in [9.17, 15) is 4.79 Å². The van der Waals surface area contributed by atoms with Gasteiger partial charge in [-0.3, -0.25) is 4.99 Å². The molecule has 0 radical (unpaired) electrons. The minimum Gasteiger partial charge on any atom is -0.450 e. The lowest BCUT2D eigenvalue weighted by Gasteiger charge is -2.25. The van der Waals surface area contributed by atoms with E-state index in [4.69, 9.17) is 4.74 Å². The second kappa shape index (κ2) is 15.5. The van der Waals surface area contributed by atoms with Gasteiger partial charge in [0.15, 0.2) is 5.96 Å². The van der Waals surface area contributed by atoms with E-state index in [2.05, 4.69) is 41.0 Å². The number of guanidine groups is 1. The van der Waals surface area contributed by atoms with Crippen molar-refractivity contribution in [2.75, 3.05) is 33.8 Å². The van der Waals surface area contributed by atoms with Gasteiger partial charge in [-0.1, -0.05) is 19.9 Å². The fraction of sp³-hybridized carbons (Fsp3) is 0.765. The molecule has 0 rings (SSSR count). The molecule has 0 saturated heterocycles. The second-order valence-corrected chi connectivity index (χ2v) is 5.97. The molecule has 0 aliphatic rings. The van der Waals surface area contributed by atoms with Crippen LogP contribution in [0.25, 0.3) is 0 Å². The number of aliphatic imine (C=N–C) groups is 1. The first kappa shape index (κ1) is 25.3. The second-order valence-electron chi connectivity index (χ2n) is 5.97. The Morgan fingerprint density at radius 2 is 2.08 bits per heavy atom. The standard InChI is InChI=1S/C17H34N4O2.HI/c1-7-9-10-11-21(6)16(18-5)19-13-15(12-14(3)4)20-17(22)23-8-2;/h7,14-15H,1,8-13H2,2-6H3,(H,18,19)(H,20,22);1H. The third kappa shape index (κ3) is 12.4. The number of hydrogen-bond donors (Lipinski definition) is 2. The Kier molecular flexibility index (Phi) is 16.3. The van der Waals surface area contributed by atoms with Gasteiger partial charge in [0.1, 0.15) is 0 Å². The van der Waals surface area contributed by atoms with Crippen LogP contribution in [0.2, 0.25) is 0 Å². The van der Waals surface area contributed by atoms with E-state index in [1.54, 1.807) is 14.0 Å². The highest BCUT2D eigenvalue weighted by atomic mass is 127. The molecule has 0 saturated carbocycles. The van der Waals surface area contributed by atoms with Gasteiger partial charge in [0.05, 0.1) is 6.61 Å². The number of alkyl carbamates (subject to hydrolysis) is 1. The molecule has 7 heteroatoms. The number of carbonyl (C=O) groups excluding carboxylic acids is 1. The molecular weight excluding hydrogens is 419 g/mol. The van der Waals surface area contributed by atoms with Crippen LogP contribution in [0.4, 0.5) is 4.79 Å². The van der Waals surface area contributed by atoms with Crippen LogP contribution in [0.15, 0.2) is 17.6 Å². The smallest absolute Gasteiger partial charge is 0.407 e. The average molecular weight is 454 g/mol. The lowest BCUT2D eigenvalue weighted by Crippen LogP contribution is -2.48. The van der Waals surface area contributed by atoms with Gasteiger partial charge in [-0.05, 0) is 32.1 Å². The summed E-state index contributed by atoms with van der Waals surface area (Å²) in [5.41, 5.74) is 0. The van der Waals surface area contributed by atoms with Crippen molar-refractivity contribution < 1.29 is 9.53 Å². The first-order chi connectivity index (χ1) is 10.9. The van der Waals surface area contributed by atoms with Crippen molar-refractivity contribution >= 4 is 36.0 Å². The highest BCUT2D eigenvalue weighted by Crippen LogP contribution is 2.05. The Bertz CT molecular complexity index is 376. The minimum atomic E-state index is -0.366. The van der Waals surface area contributed by atoms with Gasteiger partial charge in [-0.2, -0.15) is 0 Å². The van der Waals surface area contributed by atoms with Crippen molar-refractivity contribution in [2.45, 2.75) is 46.1 Å². The summed E-state index contributed by atoms with van der Waals surface area (Å²) in [6.07, 6.45) is 4.46. The predicted molar refractivity (Wildman–Crippen MR) is 112 cm³/mol. The first-order valence-electron chi connectivity index (χ1n) is 8.40. The zero-order valence-corrected chi connectivity index (χ0v) is 18.1. The van der Waals surface area contributed by atoms with Crippen molar-refractivity contribution in [1.29, 1.82) is 0 Å². The van der Waals surface area contributed by atoms with Gasteiger partial charge in [0, 0.05) is 33.2 Å². The summed E-state index contributed by atoms with van der Waals surface area (Å²) in [5, 5.41) is 6.24. The Hall–Kier alpha value is -0.990. The number of hydrogen-bond acceptors (Lipinski definition) is 3. The topological polar surface area (TPSA) is 66.0 Å². The SMILES string of the molecule is C=CCCCN(C)C(=NC)NCC(CC(C)C)NC(=O)OCC.I. The van der Waals surface area contributed by atoms with Crippen molar-refractivity contribution in [3.05, 3.63) is 12.7 Å². The number of nitrogens with zero attached hydrogens (tertiary/aromatic N) is 2. The van der Waals surface area contributed by atoms with Crippen LogP contribution in [-0.2, 0) is 4.74 Å². The normalized spacial score (nSPS) is 12.2. The van der Waals surface area contributed by atoms with Gasteiger partial charge in [0.2, 0.25) is 0 Å². The lowest BCUT2D eigenvalue weighted by atomic mass is 10.0. The molecule has 6 nitrogen and oxygen atoms in total. The molecule has 24 heavy (non-hydrogen) atoms. The zero-order valence-electron chi connectivity index (χ0n) is 15.8. The number of amides is 1. The average Bonchev–Trinajstić information content (AvgIpc) is 2.47. The predicted octanol–water partition coefficient (Wildman–Crippen LogP) is 3.24. The summed E-state index contributed by atoms with van der Waals surface area (Å²) in [5.74, 6) is 1.31. The number of allylic oxidation sites excluding steroid dienone is 1. The Labute approximate surface area is 164 Å². The van der Waals surface area contributed by atoms with Gasteiger partial charge in [-0.25, -0.2) is 4.79 Å². The van der Waals surface area contributed by atoms with E-state index in [1.165, 1.54) is 0 Å². The molecule has 1 unspecified atom stereocenters. The number of unbranched alkanes of at least 4 members (excludes halogenated alkanes) is 1.